The quantitative estimate of drug-likeness (QED) is 0.797. The standard InChI is InChI=1S/C16H26N2O4S/c1-3-23(20)15-9-5-4-7-12(15)17-16(19)18-13(11-21-2)14-8-6-10-22-14/h6,8,10,12-13,15H,3-5,7,9,11H2,1-2H3,(H2,17,18,19)/t12-,13+,15-,23+/m1/s1. The van der Waals surface area contributed by atoms with E-state index in [-0.39, 0.29) is 23.4 Å². The predicted octanol–water partition coefficient (Wildman–Crippen LogP) is 2.35. The number of amides is 2. The van der Waals surface area contributed by atoms with E-state index in [0.29, 0.717) is 18.1 Å². The Morgan fingerprint density at radius 1 is 1.48 bits per heavy atom. The second-order valence-electron chi connectivity index (χ2n) is 5.74. The normalized spacial score (nSPS) is 23.9. The first kappa shape index (κ1) is 18.0. The fourth-order valence-corrected chi connectivity index (χ4v) is 4.44. The van der Waals surface area contributed by atoms with Gasteiger partial charge in [0.05, 0.1) is 18.1 Å². The highest BCUT2D eigenvalue weighted by molar-refractivity contribution is 7.85. The molecule has 0 aromatic carbocycles. The largest absolute Gasteiger partial charge is 0.467 e. The Hall–Kier alpha value is -1.34. The lowest BCUT2D eigenvalue weighted by Crippen LogP contribution is -2.51. The Morgan fingerprint density at radius 2 is 2.26 bits per heavy atom. The van der Waals surface area contributed by atoms with Gasteiger partial charge in [-0.1, -0.05) is 19.8 Å². The summed E-state index contributed by atoms with van der Waals surface area (Å²) >= 11 is 0. The molecule has 1 aliphatic rings. The van der Waals surface area contributed by atoms with E-state index >= 15 is 0 Å². The number of hydrogen-bond acceptors (Lipinski definition) is 4. The highest BCUT2D eigenvalue weighted by Gasteiger charge is 2.30. The monoisotopic (exact) mass is 342 g/mol. The summed E-state index contributed by atoms with van der Waals surface area (Å²) < 4.78 is 22.7. The second-order valence-corrected chi connectivity index (χ2v) is 7.68. The SMILES string of the molecule is CC[S@](=O)[C@@H]1CCCC[C@H]1NC(=O)N[C@@H](COC)c1ccco1. The van der Waals surface area contributed by atoms with Crippen molar-refractivity contribution in [1.82, 2.24) is 10.6 Å². The minimum Gasteiger partial charge on any atom is -0.467 e. The summed E-state index contributed by atoms with van der Waals surface area (Å²) in [6.07, 6.45) is 5.49. The first-order valence-corrected chi connectivity index (χ1v) is 9.50. The van der Waals surface area contributed by atoms with Crippen molar-refractivity contribution in [1.29, 1.82) is 0 Å². The maximum atomic E-state index is 12.3. The van der Waals surface area contributed by atoms with Crippen molar-refractivity contribution < 1.29 is 18.2 Å². The van der Waals surface area contributed by atoms with Crippen LogP contribution in [0.15, 0.2) is 22.8 Å². The summed E-state index contributed by atoms with van der Waals surface area (Å²) in [5.74, 6) is 1.28. The van der Waals surface area contributed by atoms with Crippen molar-refractivity contribution in [3.8, 4) is 0 Å². The van der Waals surface area contributed by atoms with Gasteiger partial charge < -0.3 is 19.8 Å². The summed E-state index contributed by atoms with van der Waals surface area (Å²) in [5, 5.41) is 5.92. The Kier molecular flexibility index (Phi) is 7.11. The number of methoxy groups -OCH3 is 1. The molecule has 23 heavy (non-hydrogen) atoms. The third-order valence-electron chi connectivity index (χ3n) is 4.17. The Bertz CT molecular complexity index is 506. The Balaban J connectivity index is 1.95. The van der Waals surface area contributed by atoms with E-state index in [9.17, 15) is 9.00 Å². The first-order chi connectivity index (χ1) is 11.2. The van der Waals surface area contributed by atoms with E-state index in [1.165, 1.54) is 0 Å². The number of hydrogen-bond donors (Lipinski definition) is 2. The lowest BCUT2D eigenvalue weighted by atomic mass is 9.95. The van der Waals surface area contributed by atoms with Crippen LogP contribution in [0.5, 0.6) is 0 Å². The van der Waals surface area contributed by atoms with Gasteiger partial charge in [-0.05, 0) is 25.0 Å². The van der Waals surface area contributed by atoms with Crippen LogP contribution in [0.1, 0.15) is 44.4 Å². The van der Waals surface area contributed by atoms with Gasteiger partial charge in [0.1, 0.15) is 11.8 Å². The molecular weight excluding hydrogens is 316 g/mol. The average molecular weight is 342 g/mol. The molecule has 1 aromatic rings. The van der Waals surface area contributed by atoms with Crippen molar-refractivity contribution >= 4 is 16.8 Å². The molecule has 1 fully saturated rings. The van der Waals surface area contributed by atoms with Gasteiger partial charge in [-0.15, -0.1) is 0 Å². The van der Waals surface area contributed by atoms with Gasteiger partial charge in [-0.3, -0.25) is 4.21 Å². The van der Waals surface area contributed by atoms with Crippen LogP contribution in [-0.4, -0.2) is 41.0 Å². The molecule has 6 nitrogen and oxygen atoms in total. The van der Waals surface area contributed by atoms with Crippen LogP contribution < -0.4 is 10.6 Å². The van der Waals surface area contributed by atoms with Gasteiger partial charge >= 0.3 is 6.03 Å². The number of carbonyl (C=O) groups is 1. The molecule has 7 heteroatoms. The minimum atomic E-state index is -0.891. The number of ether oxygens (including phenoxy) is 1. The molecule has 0 bridgehead atoms. The van der Waals surface area contributed by atoms with Gasteiger partial charge in [-0.25, -0.2) is 4.79 Å². The molecule has 2 N–H and O–H groups in total. The molecular formula is C16H26N2O4S. The fourth-order valence-electron chi connectivity index (χ4n) is 3.01. The van der Waals surface area contributed by atoms with Crippen molar-refractivity contribution in [2.45, 2.75) is 49.9 Å². The van der Waals surface area contributed by atoms with Gasteiger partial charge in [0.15, 0.2) is 0 Å². The van der Waals surface area contributed by atoms with Crippen LogP contribution in [-0.2, 0) is 15.5 Å². The highest BCUT2D eigenvalue weighted by atomic mass is 32.2. The number of nitrogens with one attached hydrogen (secondary N) is 2. The van der Waals surface area contributed by atoms with E-state index in [2.05, 4.69) is 10.6 Å². The molecule has 0 spiro atoms. The number of urea groups is 1. The lowest BCUT2D eigenvalue weighted by Gasteiger charge is -2.31. The van der Waals surface area contributed by atoms with E-state index in [4.69, 9.17) is 9.15 Å². The third kappa shape index (κ3) is 5.07. The summed E-state index contributed by atoms with van der Waals surface area (Å²) in [4.78, 5) is 12.3. The number of rotatable bonds is 7. The Labute approximate surface area is 139 Å². The molecule has 0 radical (unpaired) electrons. The zero-order valence-electron chi connectivity index (χ0n) is 13.7. The third-order valence-corrected chi connectivity index (χ3v) is 5.98. The lowest BCUT2D eigenvalue weighted by molar-refractivity contribution is 0.156. The Morgan fingerprint density at radius 3 is 2.91 bits per heavy atom. The smallest absolute Gasteiger partial charge is 0.315 e. The van der Waals surface area contributed by atoms with Crippen LogP contribution in [0.4, 0.5) is 4.79 Å². The number of carbonyl (C=O) groups excluding carboxylic acids is 1. The van der Waals surface area contributed by atoms with E-state index in [1.807, 2.05) is 6.92 Å². The molecule has 2 amide bonds. The van der Waals surface area contributed by atoms with Crippen molar-refractivity contribution in [2.75, 3.05) is 19.5 Å². The van der Waals surface area contributed by atoms with Crippen molar-refractivity contribution in [2.24, 2.45) is 0 Å². The van der Waals surface area contributed by atoms with Crippen LogP contribution in [0.3, 0.4) is 0 Å². The van der Waals surface area contributed by atoms with Crippen molar-refractivity contribution in [3.63, 3.8) is 0 Å². The fraction of sp³-hybridized carbons (Fsp3) is 0.688. The van der Waals surface area contributed by atoms with Crippen LogP contribution in [0, 0.1) is 0 Å². The highest BCUT2D eigenvalue weighted by Crippen LogP contribution is 2.23. The average Bonchev–Trinajstić information content (AvgIpc) is 3.08. The topological polar surface area (TPSA) is 80.6 Å². The van der Waals surface area contributed by atoms with E-state index < -0.39 is 10.8 Å². The number of furan rings is 1. The van der Waals surface area contributed by atoms with Gasteiger partial charge in [0.2, 0.25) is 0 Å². The summed E-state index contributed by atoms with van der Waals surface area (Å²) in [5.41, 5.74) is 0. The van der Waals surface area contributed by atoms with Crippen molar-refractivity contribution in [3.05, 3.63) is 24.2 Å². The molecule has 1 saturated carbocycles. The molecule has 1 heterocycles. The maximum absolute atomic E-state index is 12.3. The van der Waals surface area contributed by atoms with E-state index in [1.54, 1.807) is 25.5 Å². The van der Waals surface area contributed by atoms with Gasteiger partial charge in [0.25, 0.3) is 0 Å². The van der Waals surface area contributed by atoms with Crippen LogP contribution >= 0.6 is 0 Å². The molecule has 1 aliphatic carbocycles. The molecule has 0 aliphatic heterocycles. The minimum absolute atomic E-state index is 0.0377. The van der Waals surface area contributed by atoms with Crippen LogP contribution in [0.2, 0.25) is 0 Å². The molecule has 0 saturated heterocycles. The molecule has 130 valence electrons. The molecule has 4 atom stereocenters. The maximum Gasteiger partial charge on any atom is 0.315 e. The molecule has 0 unspecified atom stereocenters. The summed E-state index contributed by atoms with van der Waals surface area (Å²) in [6.45, 7) is 2.25. The van der Waals surface area contributed by atoms with Gasteiger partial charge in [-0.2, -0.15) is 0 Å². The zero-order chi connectivity index (χ0) is 16.7. The molecule has 2 rings (SSSR count). The van der Waals surface area contributed by atoms with Crippen LogP contribution in [0.25, 0.3) is 0 Å². The molecule has 1 aromatic heterocycles. The zero-order valence-corrected chi connectivity index (χ0v) is 14.6. The summed E-state index contributed by atoms with van der Waals surface area (Å²) in [7, 11) is 0.689. The predicted molar refractivity (Wildman–Crippen MR) is 89.7 cm³/mol. The van der Waals surface area contributed by atoms with Gasteiger partial charge in [0, 0.05) is 29.7 Å². The summed E-state index contributed by atoms with van der Waals surface area (Å²) in [6, 6.07) is 2.94. The van der Waals surface area contributed by atoms with E-state index in [0.717, 1.165) is 25.7 Å². The second kappa shape index (κ2) is 9.08. The first-order valence-electron chi connectivity index (χ1n) is 8.12.